The lowest BCUT2D eigenvalue weighted by molar-refractivity contribution is 0.376. The molecule has 0 radical (unpaired) electrons. The third-order valence-electron chi connectivity index (χ3n) is 4.21. The molecule has 0 aliphatic heterocycles. The molecule has 2 rings (SSSR count). The summed E-state index contributed by atoms with van der Waals surface area (Å²) < 4.78 is 0. The fourth-order valence-electron chi connectivity index (χ4n) is 3.18. The van der Waals surface area contributed by atoms with Crippen molar-refractivity contribution >= 4 is 5.69 Å². The molecule has 1 heteroatoms. The predicted molar refractivity (Wildman–Crippen MR) is 80.3 cm³/mol. The van der Waals surface area contributed by atoms with E-state index in [1.54, 1.807) is 0 Å². The Bertz CT molecular complexity index is 348. The molecule has 18 heavy (non-hydrogen) atoms. The Labute approximate surface area is 112 Å². The van der Waals surface area contributed by atoms with Gasteiger partial charge >= 0.3 is 0 Å². The first-order valence-corrected chi connectivity index (χ1v) is 7.52. The fraction of sp³-hybridized carbons (Fsp3) is 0.647. The zero-order valence-corrected chi connectivity index (χ0v) is 12.0. The zero-order chi connectivity index (χ0) is 12.8. The highest BCUT2D eigenvalue weighted by Crippen LogP contribution is 2.28. The minimum atomic E-state index is 0.909. The summed E-state index contributed by atoms with van der Waals surface area (Å²) in [6.07, 6.45) is 11.4. The van der Waals surface area contributed by atoms with Gasteiger partial charge in [0, 0.05) is 19.8 Å². The number of benzene rings is 1. The molecule has 0 aromatic heterocycles. The maximum Gasteiger partial charge on any atom is 0.0393 e. The molecule has 1 aliphatic rings. The van der Waals surface area contributed by atoms with Gasteiger partial charge in [-0.05, 0) is 24.0 Å². The first kappa shape index (κ1) is 13.5. The van der Waals surface area contributed by atoms with Gasteiger partial charge in [0.05, 0.1) is 0 Å². The van der Waals surface area contributed by atoms with Crippen molar-refractivity contribution in [2.75, 3.05) is 19.0 Å². The van der Waals surface area contributed by atoms with E-state index in [0.29, 0.717) is 0 Å². The number of rotatable bonds is 3. The van der Waals surface area contributed by atoms with Gasteiger partial charge in [0.25, 0.3) is 0 Å². The third kappa shape index (κ3) is 3.76. The normalized spacial score (nSPS) is 18.1. The van der Waals surface area contributed by atoms with Crippen LogP contribution in [0.1, 0.15) is 50.5 Å². The molecule has 1 fully saturated rings. The summed E-state index contributed by atoms with van der Waals surface area (Å²) in [5.41, 5.74) is 2.94. The van der Waals surface area contributed by atoms with Crippen LogP contribution < -0.4 is 4.90 Å². The molecule has 1 aromatic carbocycles. The van der Waals surface area contributed by atoms with Gasteiger partial charge in [0.15, 0.2) is 0 Å². The van der Waals surface area contributed by atoms with Crippen molar-refractivity contribution < 1.29 is 0 Å². The van der Waals surface area contributed by atoms with E-state index in [9.17, 15) is 0 Å². The van der Waals surface area contributed by atoms with Crippen molar-refractivity contribution in [3.8, 4) is 0 Å². The van der Waals surface area contributed by atoms with E-state index in [-0.39, 0.29) is 0 Å². The van der Waals surface area contributed by atoms with Gasteiger partial charge in [0.2, 0.25) is 0 Å². The lowest BCUT2D eigenvalue weighted by Crippen LogP contribution is -2.14. The highest BCUT2D eigenvalue weighted by atomic mass is 15.1. The third-order valence-corrected chi connectivity index (χ3v) is 4.21. The van der Waals surface area contributed by atoms with E-state index in [2.05, 4.69) is 43.3 Å². The topological polar surface area (TPSA) is 3.24 Å². The number of nitrogens with zero attached hydrogens (tertiary/aromatic N) is 1. The van der Waals surface area contributed by atoms with Gasteiger partial charge in [-0.15, -0.1) is 0 Å². The van der Waals surface area contributed by atoms with E-state index in [1.165, 1.54) is 62.6 Å². The minimum Gasteiger partial charge on any atom is -0.377 e. The van der Waals surface area contributed by atoms with Crippen LogP contribution in [0, 0.1) is 5.92 Å². The Balaban J connectivity index is 2.02. The summed E-state index contributed by atoms with van der Waals surface area (Å²) in [5.74, 6) is 0.909. The van der Waals surface area contributed by atoms with Crippen molar-refractivity contribution in [2.24, 2.45) is 5.92 Å². The van der Waals surface area contributed by atoms with Gasteiger partial charge in [-0.1, -0.05) is 63.1 Å². The molecular weight excluding hydrogens is 218 g/mol. The van der Waals surface area contributed by atoms with Crippen LogP contribution >= 0.6 is 0 Å². The average molecular weight is 245 g/mol. The molecule has 1 aromatic rings. The van der Waals surface area contributed by atoms with Crippen LogP contribution in [0.5, 0.6) is 0 Å². The highest BCUT2D eigenvalue weighted by molar-refractivity contribution is 5.52. The molecule has 0 saturated heterocycles. The molecule has 1 nitrogen and oxygen atoms in total. The Morgan fingerprint density at radius 1 is 0.944 bits per heavy atom. The maximum atomic E-state index is 2.31. The molecule has 1 aliphatic carbocycles. The van der Waals surface area contributed by atoms with Crippen LogP contribution in [0.3, 0.4) is 0 Å². The second-order valence-electron chi connectivity index (χ2n) is 5.94. The summed E-state index contributed by atoms with van der Waals surface area (Å²) in [4.78, 5) is 2.25. The van der Waals surface area contributed by atoms with Gasteiger partial charge in [-0.2, -0.15) is 0 Å². The predicted octanol–water partition coefficient (Wildman–Crippen LogP) is 4.66. The van der Waals surface area contributed by atoms with E-state index in [4.69, 9.17) is 0 Å². The second kappa shape index (κ2) is 6.82. The Morgan fingerprint density at radius 2 is 1.56 bits per heavy atom. The van der Waals surface area contributed by atoms with Crippen molar-refractivity contribution in [1.82, 2.24) is 0 Å². The summed E-state index contributed by atoms with van der Waals surface area (Å²) in [7, 11) is 4.30. The lowest BCUT2D eigenvalue weighted by atomic mass is 9.86. The van der Waals surface area contributed by atoms with Crippen LogP contribution in [0.15, 0.2) is 24.3 Å². The highest BCUT2D eigenvalue weighted by Gasteiger charge is 2.14. The SMILES string of the molecule is CN(C)c1ccccc1CC1CCCCCCC1. The first-order valence-electron chi connectivity index (χ1n) is 7.52. The minimum absolute atomic E-state index is 0.909. The summed E-state index contributed by atoms with van der Waals surface area (Å²) >= 11 is 0. The smallest absolute Gasteiger partial charge is 0.0393 e. The van der Waals surface area contributed by atoms with E-state index in [1.807, 2.05) is 0 Å². The summed E-state index contributed by atoms with van der Waals surface area (Å²) in [5, 5.41) is 0. The van der Waals surface area contributed by atoms with Gasteiger partial charge in [-0.3, -0.25) is 0 Å². The second-order valence-corrected chi connectivity index (χ2v) is 5.94. The average Bonchev–Trinajstić information content (AvgIpc) is 2.33. The van der Waals surface area contributed by atoms with Crippen LogP contribution in [-0.2, 0) is 6.42 Å². The van der Waals surface area contributed by atoms with Crippen molar-refractivity contribution in [1.29, 1.82) is 0 Å². The number of hydrogen-bond donors (Lipinski definition) is 0. The van der Waals surface area contributed by atoms with Crippen molar-refractivity contribution in [3.63, 3.8) is 0 Å². The van der Waals surface area contributed by atoms with Gasteiger partial charge in [0.1, 0.15) is 0 Å². The summed E-state index contributed by atoms with van der Waals surface area (Å²) in [6.45, 7) is 0. The molecule has 0 N–H and O–H groups in total. The van der Waals surface area contributed by atoms with E-state index < -0.39 is 0 Å². The van der Waals surface area contributed by atoms with E-state index >= 15 is 0 Å². The molecule has 0 heterocycles. The fourth-order valence-corrected chi connectivity index (χ4v) is 3.18. The molecule has 0 spiro atoms. The zero-order valence-electron chi connectivity index (χ0n) is 12.0. The van der Waals surface area contributed by atoms with Crippen molar-refractivity contribution in [3.05, 3.63) is 29.8 Å². The van der Waals surface area contributed by atoms with Crippen LogP contribution in [-0.4, -0.2) is 14.1 Å². The molecular formula is C17H27N. The van der Waals surface area contributed by atoms with Crippen LogP contribution in [0.4, 0.5) is 5.69 Å². The van der Waals surface area contributed by atoms with Crippen LogP contribution in [0.2, 0.25) is 0 Å². The number of hydrogen-bond acceptors (Lipinski definition) is 1. The largest absolute Gasteiger partial charge is 0.377 e. The molecule has 0 bridgehead atoms. The molecule has 0 atom stereocenters. The maximum absolute atomic E-state index is 2.31. The van der Waals surface area contributed by atoms with Crippen molar-refractivity contribution in [2.45, 2.75) is 51.4 Å². The standard InChI is InChI=1S/C17H27N/c1-18(2)17-13-9-8-12-16(17)14-15-10-6-4-3-5-7-11-15/h8-9,12-13,15H,3-7,10-11,14H2,1-2H3. The number of para-hydroxylation sites is 1. The monoisotopic (exact) mass is 245 g/mol. The van der Waals surface area contributed by atoms with E-state index in [0.717, 1.165) is 5.92 Å². The Morgan fingerprint density at radius 3 is 2.22 bits per heavy atom. The quantitative estimate of drug-likeness (QED) is 0.749. The Hall–Kier alpha value is -0.980. The summed E-state index contributed by atoms with van der Waals surface area (Å²) in [6, 6.07) is 8.90. The lowest BCUT2D eigenvalue weighted by Gasteiger charge is -2.23. The van der Waals surface area contributed by atoms with Crippen LogP contribution in [0.25, 0.3) is 0 Å². The molecule has 100 valence electrons. The number of anilines is 1. The van der Waals surface area contributed by atoms with Gasteiger partial charge in [-0.25, -0.2) is 0 Å². The Kier molecular flexibility index (Phi) is 5.10. The first-order chi connectivity index (χ1) is 8.77. The molecule has 0 amide bonds. The molecule has 0 unspecified atom stereocenters. The molecule has 1 saturated carbocycles. The van der Waals surface area contributed by atoms with Gasteiger partial charge < -0.3 is 4.90 Å².